The molecule has 0 amide bonds. The van der Waals surface area contributed by atoms with Gasteiger partial charge >= 0.3 is 0 Å². The first-order valence-electron chi connectivity index (χ1n) is 6.54. The maximum absolute atomic E-state index is 9.28. The average molecular weight is 269 g/mol. The van der Waals surface area contributed by atoms with E-state index in [1.807, 2.05) is 13.0 Å². The van der Waals surface area contributed by atoms with E-state index in [4.69, 9.17) is 11.6 Å². The van der Waals surface area contributed by atoms with Crippen molar-refractivity contribution in [2.24, 2.45) is 0 Å². The van der Waals surface area contributed by atoms with Crippen LogP contribution >= 0.6 is 11.6 Å². The summed E-state index contributed by atoms with van der Waals surface area (Å²) in [6.07, 6.45) is 0.763. The molecule has 2 rings (SSSR count). The number of hydrogen-bond acceptors (Lipinski definition) is 3. The van der Waals surface area contributed by atoms with Crippen molar-refractivity contribution in [3.05, 3.63) is 34.3 Å². The fourth-order valence-electron chi connectivity index (χ4n) is 2.49. The van der Waals surface area contributed by atoms with E-state index >= 15 is 0 Å². The van der Waals surface area contributed by atoms with Gasteiger partial charge in [0.1, 0.15) is 0 Å². The van der Waals surface area contributed by atoms with E-state index in [2.05, 4.69) is 22.3 Å². The molecule has 100 valence electrons. The second kappa shape index (κ2) is 6.53. The van der Waals surface area contributed by atoms with E-state index in [0.717, 1.165) is 43.2 Å². The quantitative estimate of drug-likeness (QED) is 0.877. The van der Waals surface area contributed by atoms with Gasteiger partial charge in [0.2, 0.25) is 0 Å². The van der Waals surface area contributed by atoms with Crippen LogP contribution in [0.2, 0.25) is 5.02 Å². The van der Waals surface area contributed by atoms with Gasteiger partial charge in [0.25, 0.3) is 0 Å². The van der Waals surface area contributed by atoms with Crippen LogP contribution in [0.1, 0.15) is 23.6 Å². The fraction of sp³-hybridized carbons (Fsp3) is 0.571. The van der Waals surface area contributed by atoms with E-state index in [0.29, 0.717) is 0 Å². The standard InChI is InChI=1S/C14H21ClN2O/c1-11-2-3-12(10-13(11)15)14(4-9-18)17-7-5-16-6-8-17/h2-3,10,14,16,18H,4-9H2,1H3/t14-/m0/s1. The molecule has 18 heavy (non-hydrogen) atoms. The van der Waals surface area contributed by atoms with Crippen LogP contribution in [0.4, 0.5) is 0 Å². The minimum atomic E-state index is 0.208. The van der Waals surface area contributed by atoms with Crippen molar-refractivity contribution < 1.29 is 5.11 Å². The number of nitrogens with one attached hydrogen (secondary N) is 1. The number of aliphatic hydroxyl groups is 1. The van der Waals surface area contributed by atoms with E-state index in [1.54, 1.807) is 0 Å². The second-order valence-electron chi connectivity index (χ2n) is 4.82. The highest BCUT2D eigenvalue weighted by Gasteiger charge is 2.21. The number of benzene rings is 1. The minimum absolute atomic E-state index is 0.208. The molecule has 1 aromatic rings. The largest absolute Gasteiger partial charge is 0.396 e. The molecule has 0 spiro atoms. The van der Waals surface area contributed by atoms with E-state index in [9.17, 15) is 5.11 Å². The Labute approximate surface area is 114 Å². The third-order valence-corrected chi connectivity index (χ3v) is 3.98. The molecular weight excluding hydrogens is 248 g/mol. The zero-order valence-corrected chi connectivity index (χ0v) is 11.6. The Kier molecular flexibility index (Phi) is 5.01. The molecule has 0 unspecified atom stereocenters. The highest BCUT2D eigenvalue weighted by molar-refractivity contribution is 6.31. The molecule has 1 saturated heterocycles. The molecule has 4 heteroatoms. The first-order valence-corrected chi connectivity index (χ1v) is 6.92. The van der Waals surface area contributed by atoms with Crippen molar-refractivity contribution in [3.63, 3.8) is 0 Å². The van der Waals surface area contributed by atoms with Crippen molar-refractivity contribution in [1.82, 2.24) is 10.2 Å². The third-order valence-electron chi connectivity index (χ3n) is 3.58. The van der Waals surface area contributed by atoms with Crippen molar-refractivity contribution in [3.8, 4) is 0 Å². The number of aliphatic hydroxyl groups excluding tert-OH is 1. The van der Waals surface area contributed by atoms with Crippen LogP contribution < -0.4 is 5.32 Å². The Morgan fingerprint density at radius 1 is 1.39 bits per heavy atom. The number of aryl methyl sites for hydroxylation is 1. The van der Waals surface area contributed by atoms with Crippen LogP contribution in [0.25, 0.3) is 0 Å². The van der Waals surface area contributed by atoms with Crippen LogP contribution in [0.15, 0.2) is 18.2 Å². The zero-order chi connectivity index (χ0) is 13.0. The number of hydrogen-bond donors (Lipinski definition) is 2. The SMILES string of the molecule is Cc1ccc([C@H](CCO)N2CCNCC2)cc1Cl. The predicted octanol–water partition coefficient (Wildman–Crippen LogP) is 1.98. The summed E-state index contributed by atoms with van der Waals surface area (Å²) in [4.78, 5) is 2.42. The van der Waals surface area contributed by atoms with Crippen molar-refractivity contribution in [2.75, 3.05) is 32.8 Å². The van der Waals surface area contributed by atoms with Crippen LogP contribution in [0, 0.1) is 6.92 Å². The molecule has 3 nitrogen and oxygen atoms in total. The second-order valence-corrected chi connectivity index (χ2v) is 5.23. The van der Waals surface area contributed by atoms with Gasteiger partial charge in [0.15, 0.2) is 0 Å². The topological polar surface area (TPSA) is 35.5 Å². The van der Waals surface area contributed by atoms with E-state index in [1.165, 1.54) is 5.56 Å². The molecule has 1 aliphatic rings. The Morgan fingerprint density at radius 2 is 2.11 bits per heavy atom. The molecule has 1 atom stereocenters. The first kappa shape index (κ1) is 13.8. The van der Waals surface area contributed by atoms with Gasteiger partial charge in [-0.05, 0) is 30.5 Å². The average Bonchev–Trinajstić information content (AvgIpc) is 2.40. The highest BCUT2D eigenvalue weighted by Crippen LogP contribution is 2.28. The lowest BCUT2D eigenvalue weighted by Crippen LogP contribution is -2.45. The monoisotopic (exact) mass is 268 g/mol. The van der Waals surface area contributed by atoms with Gasteiger partial charge in [-0.3, -0.25) is 4.90 Å². The van der Waals surface area contributed by atoms with Crippen LogP contribution in [0.5, 0.6) is 0 Å². The fourth-order valence-corrected chi connectivity index (χ4v) is 2.68. The maximum atomic E-state index is 9.28. The molecule has 0 saturated carbocycles. The van der Waals surface area contributed by atoms with Gasteiger partial charge in [0.05, 0.1) is 0 Å². The van der Waals surface area contributed by atoms with Gasteiger partial charge in [-0.1, -0.05) is 23.7 Å². The molecule has 0 aliphatic carbocycles. The molecule has 0 bridgehead atoms. The lowest BCUT2D eigenvalue weighted by atomic mass is 10.0. The molecule has 1 aliphatic heterocycles. The maximum Gasteiger partial charge on any atom is 0.0449 e. The molecule has 2 N–H and O–H groups in total. The minimum Gasteiger partial charge on any atom is -0.396 e. The Hall–Kier alpha value is -0.610. The zero-order valence-electron chi connectivity index (χ0n) is 10.8. The molecule has 0 radical (unpaired) electrons. The molecule has 1 aromatic carbocycles. The molecular formula is C14H21ClN2O. The summed E-state index contributed by atoms with van der Waals surface area (Å²) in [5.41, 5.74) is 2.31. The Bertz CT molecular complexity index is 391. The van der Waals surface area contributed by atoms with Crippen molar-refractivity contribution in [2.45, 2.75) is 19.4 Å². The van der Waals surface area contributed by atoms with Gasteiger partial charge in [-0.2, -0.15) is 0 Å². The highest BCUT2D eigenvalue weighted by atomic mass is 35.5. The number of nitrogens with zero attached hydrogens (tertiary/aromatic N) is 1. The van der Waals surface area contributed by atoms with Crippen LogP contribution in [-0.4, -0.2) is 42.8 Å². The summed E-state index contributed by atoms with van der Waals surface area (Å²) in [7, 11) is 0. The summed E-state index contributed by atoms with van der Waals surface area (Å²) in [5, 5.41) is 13.4. The summed E-state index contributed by atoms with van der Waals surface area (Å²) >= 11 is 6.20. The number of halogens is 1. The predicted molar refractivity (Wildman–Crippen MR) is 75.1 cm³/mol. The molecule has 0 aromatic heterocycles. The van der Waals surface area contributed by atoms with Gasteiger partial charge in [0, 0.05) is 43.9 Å². The normalized spacial score (nSPS) is 18.8. The first-order chi connectivity index (χ1) is 8.72. The summed E-state index contributed by atoms with van der Waals surface area (Å²) < 4.78 is 0. The number of rotatable bonds is 4. The number of piperazine rings is 1. The third kappa shape index (κ3) is 3.23. The molecule has 1 fully saturated rings. The lowest BCUT2D eigenvalue weighted by Gasteiger charge is -2.35. The van der Waals surface area contributed by atoms with Gasteiger partial charge in [-0.15, -0.1) is 0 Å². The Balaban J connectivity index is 2.19. The lowest BCUT2D eigenvalue weighted by molar-refractivity contribution is 0.141. The summed E-state index contributed by atoms with van der Waals surface area (Å²) in [5.74, 6) is 0. The smallest absolute Gasteiger partial charge is 0.0449 e. The Morgan fingerprint density at radius 3 is 2.72 bits per heavy atom. The molecule has 1 heterocycles. The van der Waals surface area contributed by atoms with Crippen LogP contribution in [-0.2, 0) is 0 Å². The van der Waals surface area contributed by atoms with E-state index < -0.39 is 0 Å². The van der Waals surface area contributed by atoms with Crippen molar-refractivity contribution in [1.29, 1.82) is 0 Å². The summed E-state index contributed by atoms with van der Waals surface area (Å²) in [6.45, 7) is 6.30. The van der Waals surface area contributed by atoms with Crippen LogP contribution in [0.3, 0.4) is 0 Å². The van der Waals surface area contributed by atoms with Gasteiger partial charge < -0.3 is 10.4 Å². The summed E-state index contributed by atoms with van der Waals surface area (Å²) in [6, 6.07) is 6.50. The van der Waals surface area contributed by atoms with E-state index in [-0.39, 0.29) is 12.6 Å². The van der Waals surface area contributed by atoms with Gasteiger partial charge in [-0.25, -0.2) is 0 Å². The van der Waals surface area contributed by atoms with Crippen molar-refractivity contribution >= 4 is 11.6 Å².